The van der Waals surface area contributed by atoms with Crippen molar-refractivity contribution in [2.75, 3.05) is 151 Å². The van der Waals surface area contributed by atoms with Crippen molar-refractivity contribution in [2.24, 2.45) is 47.0 Å². The molecule has 526 valence electrons. The van der Waals surface area contributed by atoms with Gasteiger partial charge in [-0.2, -0.15) is 0 Å². The second-order valence-corrected chi connectivity index (χ2v) is 29.4. The van der Waals surface area contributed by atoms with Crippen molar-refractivity contribution in [1.29, 1.82) is 0 Å². The maximum Gasteiger partial charge on any atom is 0.221 e. The number of carbonyl (C=O) groups is 6. The lowest BCUT2D eigenvalue weighted by Gasteiger charge is -2.33. The number of hydrogen-bond donors (Lipinski definition) is 5. The van der Waals surface area contributed by atoms with E-state index >= 15 is 0 Å². The summed E-state index contributed by atoms with van der Waals surface area (Å²) < 4.78 is 0. The van der Waals surface area contributed by atoms with Crippen LogP contribution in [0.1, 0.15) is 251 Å². The van der Waals surface area contributed by atoms with Crippen LogP contribution in [0.3, 0.4) is 0 Å². The summed E-state index contributed by atoms with van der Waals surface area (Å²) in [6, 6.07) is 0. The maximum atomic E-state index is 12.6. The van der Waals surface area contributed by atoms with E-state index in [1.807, 2.05) is 0 Å². The van der Waals surface area contributed by atoms with E-state index in [9.17, 15) is 28.8 Å². The molecule has 6 saturated heterocycles. The Morgan fingerprint density at radius 3 is 0.857 bits per heavy atom. The predicted molar refractivity (Wildman–Crippen MR) is 374 cm³/mol. The van der Waals surface area contributed by atoms with Crippen LogP contribution in [0, 0.1) is 35.5 Å². The predicted octanol–water partition coefficient (Wildman–Crippen LogP) is 10.0. The minimum absolute atomic E-state index is 0.0285. The van der Waals surface area contributed by atoms with Crippen molar-refractivity contribution < 1.29 is 28.8 Å². The van der Waals surface area contributed by atoms with Gasteiger partial charge < -0.3 is 56.8 Å². The zero-order chi connectivity index (χ0) is 64.9. The summed E-state index contributed by atoms with van der Waals surface area (Å²) >= 11 is 0. The van der Waals surface area contributed by atoms with Crippen molar-refractivity contribution in [2.45, 2.75) is 251 Å². The van der Waals surface area contributed by atoms with Gasteiger partial charge in [0.2, 0.25) is 17.7 Å². The van der Waals surface area contributed by atoms with Crippen LogP contribution in [0.4, 0.5) is 0 Å². The van der Waals surface area contributed by atoms with E-state index < -0.39 is 0 Å². The van der Waals surface area contributed by atoms with Crippen LogP contribution in [0.15, 0.2) is 0 Å². The summed E-state index contributed by atoms with van der Waals surface area (Å²) in [5.74, 6) is 6.72. The van der Waals surface area contributed by atoms with E-state index in [2.05, 4.69) is 52.3 Å². The number of unbranched alkanes of at least 4 members (excludes halogenated alkanes) is 3. The van der Waals surface area contributed by atoms with Crippen molar-refractivity contribution >= 4 is 35.1 Å². The largest absolute Gasteiger partial charge is 0.356 e. The highest BCUT2D eigenvalue weighted by molar-refractivity contribution is 5.79. The lowest BCUT2D eigenvalue weighted by atomic mass is 9.86. The first-order chi connectivity index (χ1) is 44.4. The molecule has 0 bridgehead atoms. The molecule has 0 aromatic heterocycles. The minimum atomic E-state index is -0.0285. The molecule has 6 rings (SSSR count). The van der Waals surface area contributed by atoms with Crippen LogP contribution in [0.2, 0.25) is 0 Å². The van der Waals surface area contributed by atoms with Crippen LogP contribution in [-0.4, -0.2) is 215 Å². The average molecular weight is 1280 g/mol. The van der Waals surface area contributed by atoms with Crippen LogP contribution < -0.4 is 27.4 Å². The van der Waals surface area contributed by atoms with Crippen LogP contribution in [-0.2, 0) is 28.8 Å². The van der Waals surface area contributed by atoms with Gasteiger partial charge in [0.15, 0.2) is 0 Å². The molecule has 6 fully saturated rings. The quantitative estimate of drug-likeness (QED) is 0.0360. The molecule has 3 amide bonds. The molecule has 7 N–H and O–H groups in total. The van der Waals surface area contributed by atoms with Crippen LogP contribution in [0.25, 0.3) is 0 Å². The smallest absolute Gasteiger partial charge is 0.221 e. The SMILES string of the molecule is CC(=O)NCCCNC(=O)CCN1CCC(CCCC2CCN(CCC(=O)NCCCN)CC2)CC1.CCCN1CCC(CCCC2CCN(CCC(=O)CCCCCC(=O)CCN3CCC(CCCC4CCN(CCC(=O)CCCCN)CC4)CC3)CC2)CC1. The topological polar surface area (TPSA) is 210 Å². The second-order valence-electron chi connectivity index (χ2n) is 29.4. The third-order valence-corrected chi connectivity index (χ3v) is 22.0. The molecular weight excluding hydrogens is 1140 g/mol. The Hall–Kier alpha value is -2.90. The summed E-state index contributed by atoms with van der Waals surface area (Å²) in [5.41, 5.74) is 11.0. The van der Waals surface area contributed by atoms with Gasteiger partial charge in [0.05, 0.1) is 0 Å². The lowest BCUT2D eigenvalue weighted by Crippen LogP contribution is -2.37. The van der Waals surface area contributed by atoms with Gasteiger partial charge in [-0.3, -0.25) is 28.8 Å². The van der Waals surface area contributed by atoms with Gasteiger partial charge in [0.1, 0.15) is 17.3 Å². The third-order valence-electron chi connectivity index (χ3n) is 22.0. The Balaban J connectivity index is 0.000000362. The highest BCUT2D eigenvalue weighted by Crippen LogP contribution is 2.31. The molecule has 17 nitrogen and oxygen atoms in total. The molecule has 0 aromatic carbocycles. The molecule has 17 heteroatoms. The summed E-state index contributed by atoms with van der Waals surface area (Å²) in [6.45, 7) is 27.0. The molecule has 6 heterocycles. The number of nitrogens with one attached hydrogen (secondary N) is 3. The average Bonchev–Trinajstić information content (AvgIpc) is 3.77. The molecule has 91 heavy (non-hydrogen) atoms. The third kappa shape index (κ3) is 37.8. The number of nitrogens with two attached hydrogens (primary N) is 2. The summed E-state index contributed by atoms with van der Waals surface area (Å²) in [4.78, 5) is 87.1. The summed E-state index contributed by atoms with van der Waals surface area (Å²) in [5, 5.41) is 8.63. The molecule has 0 spiro atoms. The van der Waals surface area contributed by atoms with E-state index in [0.717, 1.165) is 166 Å². The Bertz CT molecular complexity index is 1920. The molecule has 6 aliphatic rings. The molecule has 0 atom stereocenters. The normalized spacial score (nSPS) is 19.9. The van der Waals surface area contributed by atoms with Gasteiger partial charge in [0.25, 0.3) is 0 Å². The first-order valence-corrected chi connectivity index (χ1v) is 38.4. The van der Waals surface area contributed by atoms with Crippen LogP contribution >= 0.6 is 0 Å². The molecular formula is C74H139N11O6. The first-order valence-electron chi connectivity index (χ1n) is 38.4. The van der Waals surface area contributed by atoms with Gasteiger partial charge in [0, 0.05) is 111 Å². The monoisotopic (exact) mass is 1280 g/mol. The minimum Gasteiger partial charge on any atom is -0.356 e. The number of amides is 3. The van der Waals surface area contributed by atoms with E-state index in [1.54, 1.807) is 0 Å². The van der Waals surface area contributed by atoms with E-state index in [-0.39, 0.29) is 17.7 Å². The highest BCUT2D eigenvalue weighted by atomic mass is 16.2. The Morgan fingerprint density at radius 2 is 0.571 bits per heavy atom. The second kappa shape index (κ2) is 49.6. The van der Waals surface area contributed by atoms with Crippen molar-refractivity contribution in [1.82, 2.24) is 45.3 Å². The Morgan fingerprint density at radius 1 is 0.308 bits per heavy atom. The number of ketones is 3. The molecule has 0 aliphatic carbocycles. The fourth-order valence-corrected chi connectivity index (χ4v) is 15.5. The van der Waals surface area contributed by atoms with E-state index in [4.69, 9.17) is 11.5 Å². The van der Waals surface area contributed by atoms with Gasteiger partial charge in [-0.05, 0) is 256 Å². The Kier molecular flexibility index (Phi) is 42.9. The van der Waals surface area contributed by atoms with Crippen LogP contribution in [0.5, 0.6) is 0 Å². The lowest BCUT2D eigenvalue weighted by molar-refractivity contribution is -0.122. The number of carbonyl (C=O) groups excluding carboxylic acids is 6. The number of nitrogens with zero attached hydrogens (tertiary/aromatic N) is 6. The van der Waals surface area contributed by atoms with Crippen molar-refractivity contribution in [3.63, 3.8) is 0 Å². The summed E-state index contributed by atoms with van der Waals surface area (Å²) in [6.07, 6.45) is 41.1. The number of Topliss-reactive ketones (excluding diaryl/α,β-unsaturated/α-hetero) is 3. The van der Waals surface area contributed by atoms with Gasteiger partial charge in [-0.1, -0.05) is 71.1 Å². The zero-order valence-corrected chi connectivity index (χ0v) is 58.7. The van der Waals surface area contributed by atoms with Crippen molar-refractivity contribution in [3.8, 4) is 0 Å². The molecule has 0 saturated carbocycles. The fourth-order valence-electron chi connectivity index (χ4n) is 15.5. The summed E-state index contributed by atoms with van der Waals surface area (Å²) in [7, 11) is 0. The van der Waals surface area contributed by atoms with Gasteiger partial charge in [-0.25, -0.2) is 0 Å². The highest BCUT2D eigenvalue weighted by Gasteiger charge is 2.26. The van der Waals surface area contributed by atoms with E-state index in [1.165, 1.54) is 181 Å². The van der Waals surface area contributed by atoms with Gasteiger partial charge in [-0.15, -0.1) is 0 Å². The fraction of sp³-hybridized carbons (Fsp3) is 0.919. The first kappa shape index (κ1) is 78.8. The standard InChI is InChI=1S/C47H87N5O3.C27H52N6O3/c1-2-29-49-30-17-41(18-31-49)10-8-11-42-19-32-50(33-20-42)38-25-45(53)14-4-3-5-15-46(54)26-39-51-34-21-43(22-35-51)12-9-13-44-23-36-52(37-24-44)40-27-47(55)16-6-7-28-48;1-23(34)29-15-4-16-31-27(36)12-22-33-19-9-25(10-20-33)6-2-5-24-7-17-32(18-8-24)21-11-26(35)30-14-3-13-28/h41-44H,2-40,48H2,1H3;24-25H,2-22,28H2,1H3,(H,29,34)(H,30,35)(H,31,36). The maximum absolute atomic E-state index is 12.6. The number of hydrogen-bond acceptors (Lipinski definition) is 14. The van der Waals surface area contributed by atoms with Crippen molar-refractivity contribution in [3.05, 3.63) is 0 Å². The number of likely N-dealkylation sites (tertiary alicyclic amines) is 6. The van der Waals surface area contributed by atoms with Gasteiger partial charge >= 0.3 is 0 Å². The zero-order valence-electron chi connectivity index (χ0n) is 58.7. The Labute approximate surface area is 555 Å². The molecule has 0 radical (unpaired) electrons. The number of piperidine rings is 6. The number of rotatable bonds is 46. The molecule has 0 unspecified atom stereocenters. The van der Waals surface area contributed by atoms with E-state index in [0.29, 0.717) is 101 Å². The molecule has 6 aliphatic heterocycles. The molecule has 0 aromatic rings.